The smallest absolute Gasteiger partial charge is 0.317 e. The molecular weight excluding hydrogens is 316 g/mol. The maximum absolute atomic E-state index is 11.9. The van der Waals surface area contributed by atoms with Crippen LogP contribution in [0.1, 0.15) is 19.3 Å². The molecule has 6 nitrogen and oxygen atoms in total. The number of nitrogens with one attached hydrogen (secondary N) is 2. The van der Waals surface area contributed by atoms with Crippen LogP contribution in [0.25, 0.3) is 0 Å². The third-order valence-corrected chi connectivity index (χ3v) is 4.45. The molecule has 118 valence electrons. The lowest BCUT2D eigenvalue weighted by Gasteiger charge is -2.07. The second-order valence-corrected chi connectivity index (χ2v) is 6.69. The normalized spacial score (nSPS) is 11.5. The predicted octanol–water partition coefficient (Wildman–Crippen LogP) is 1.46. The Labute approximate surface area is 129 Å². The maximum atomic E-state index is 11.9. The number of unbranched alkanes of at least 4 members (excludes halogenated alkanes) is 2. The molecule has 1 aromatic rings. The van der Waals surface area contributed by atoms with E-state index in [-0.39, 0.29) is 11.4 Å². The highest BCUT2D eigenvalue weighted by molar-refractivity contribution is 7.89. The van der Waals surface area contributed by atoms with Gasteiger partial charge in [-0.1, -0.05) is 18.0 Å². The van der Waals surface area contributed by atoms with Crippen LogP contribution in [0.2, 0.25) is 5.02 Å². The molecule has 0 radical (unpaired) electrons. The van der Waals surface area contributed by atoms with Gasteiger partial charge in [-0.25, -0.2) is 13.1 Å². The van der Waals surface area contributed by atoms with E-state index in [9.17, 15) is 13.2 Å². The van der Waals surface area contributed by atoms with Crippen molar-refractivity contribution in [3.05, 3.63) is 29.3 Å². The topological polar surface area (TPSA) is 95.5 Å². The van der Waals surface area contributed by atoms with Crippen LogP contribution in [0.4, 0.5) is 0 Å². The first kappa shape index (κ1) is 17.9. The fourth-order valence-electron chi connectivity index (χ4n) is 1.65. The lowest BCUT2D eigenvalue weighted by atomic mass is 10.2. The van der Waals surface area contributed by atoms with Crippen LogP contribution in [0.15, 0.2) is 29.2 Å². The minimum Gasteiger partial charge on any atom is -0.480 e. The summed E-state index contributed by atoms with van der Waals surface area (Å²) in [5, 5.41) is 11.7. The highest BCUT2D eigenvalue weighted by Crippen LogP contribution is 2.13. The van der Waals surface area contributed by atoms with E-state index in [1.165, 1.54) is 24.3 Å². The van der Waals surface area contributed by atoms with Crippen molar-refractivity contribution in [3.63, 3.8) is 0 Å². The van der Waals surface area contributed by atoms with Crippen LogP contribution in [-0.2, 0) is 14.8 Å². The third-order valence-electron chi connectivity index (χ3n) is 2.72. The van der Waals surface area contributed by atoms with Gasteiger partial charge in [-0.15, -0.1) is 0 Å². The molecule has 0 fully saturated rings. The Kier molecular flexibility index (Phi) is 7.66. The molecule has 0 bridgehead atoms. The van der Waals surface area contributed by atoms with Gasteiger partial charge < -0.3 is 10.4 Å². The average Bonchev–Trinajstić information content (AvgIpc) is 2.42. The molecule has 8 heteroatoms. The second-order valence-electron chi connectivity index (χ2n) is 4.48. The van der Waals surface area contributed by atoms with Gasteiger partial charge in [0.15, 0.2) is 0 Å². The zero-order chi connectivity index (χ0) is 15.7. The molecule has 0 amide bonds. The Morgan fingerprint density at radius 2 is 1.71 bits per heavy atom. The molecule has 0 aliphatic rings. The summed E-state index contributed by atoms with van der Waals surface area (Å²) >= 11 is 5.71. The maximum Gasteiger partial charge on any atom is 0.317 e. The molecule has 1 rings (SSSR count). The lowest BCUT2D eigenvalue weighted by molar-refractivity contribution is -0.135. The number of carboxylic acid groups (broad SMARTS) is 1. The molecule has 0 saturated carbocycles. The number of sulfonamides is 1. The summed E-state index contributed by atoms with van der Waals surface area (Å²) in [7, 11) is -3.49. The van der Waals surface area contributed by atoms with E-state index in [1.807, 2.05) is 0 Å². The van der Waals surface area contributed by atoms with E-state index < -0.39 is 16.0 Å². The minimum absolute atomic E-state index is 0.0524. The van der Waals surface area contributed by atoms with Gasteiger partial charge in [-0.05, 0) is 43.7 Å². The molecular formula is C13H19ClN2O4S. The van der Waals surface area contributed by atoms with Gasteiger partial charge in [0.05, 0.1) is 11.4 Å². The van der Waals surface area contributed by atoms with Gasteiger partial charge in [0.1, 0.15) is 0 Å². The molecule has 0 unspecified atom stereocenters. The minimum atomic E-state index is -3.49. The van der Waals surface area contributed by atoms with Crippen LogP contribution >= 0.6 is 11.6 Å². The van der Waals surface area contributed by atoms with E-state index >= 15 is 0 Å². The highest BCUT2D eigenvalue weighted by Gasteiger charge is 2.12. The molecule has 0 atom stereocenters. The summed E-state index contributed by atoms with van der Waals surface area (Å²) in [5.41, 5.74) is 0. The zero-order valence-electron chi connectivity index (χ0n) is 11.5. The standard InChI is InChI=1S/C13H19ClN2O4S/c14-11-4-6-12(7-5-11)21(19,20)16-9-3-1-2-8-15-10-13(17)18/h4-7,15-16H,1-3,8-10H2,(H,17,18). The molecule has 0 spiro atoms. The van der Waals surface area contributed by atoms with Gasteiger partial charge in [-0.2, -0.15) is 0 Å². The number of halogens is 1. The predicted molar refractivity (Wildman–Crippen MR) is 81.0 cm³/mol. The fraction of sp³-hybridized carbons (Fsp3) is 0.462. The van der Waals surface area contributed by atoms with Crippen LogP contribution in [-0.4, -0.2) is 39.1 Å². The second kappa shape index (κ2) is 8.99. The Bertz CT molecular complexity index is 546. The SMILES string of the molecule is O=C(O)CNCCCCCNS(=O)(=O)c1ccc(Cl)cc1. The molecule has 3 N–H and O–H groups in total. The van der Waals surface area contributed by atoms with Crippen molar-refractivity contribution in [2.45, 2.75) is 24.2 Å². The number of hydrogen-bond donors (Lipinski definition) is 3. The van der Waals surface area contributed by atoms with Crippen molar-refractivity contribution in [1.82, 2.24) is 10.0 Å². The quantitative estimate of drug-likeness (QED) is 0.563. The summed E-state index contributed by atoms with van der Waals surface area (Å²) in [6.45, 7) is 0.906. The Morgan fingerprint density at radius 1 is 1.10 bits per heavy atom. The summed E-state index contributed by atoms with van der Waals surface area (Å²) in [4.78, 5) is 10.4. The molecule has 1 aromatic carbocycles. The number of carbonyl (C=O) groups is 1. The Morgan fingerprint density at radius 3 is 2.33 bits per heavy atom. The largest absolute Gasteiger partial charge is 0.480 e. The number of rotatable bonds is 10. The van der Waals surface area contributed by atoms with Crippen molar-refractivity contribution in [3.8, 4) is 0 Å². The van der Waals surface area contributed by atoms with E-state index in [0.717, 1.165) is 12.8 Å². The van der Waals surface area contributed by atoms with Gasteiger partial charge in [0, 0.05) is 11.6 Å². The molecule has 0 aliphatic heterocycles. The number of aliphatic carboxylic acids is 1. The molecule has 0 aromatic heterocycles. The molecule has 0 heterocycles. The first-order chi connectivity index (χ1) is 9.92. The first-order valence-electron chi connectivity index (χ1n) is 6.59. The Balaban J connectivity index is 2.20. The fourth-order valence-corrected chi connectivity index (χ4v) is 2.85. The van der Waals surface area contributed by atoms with Gasteiger partial charge in [-0.3, -0.25) is 4.79 Å². The van der Waals surface area contributed by atoms with Crippen LogP contribution < -0.4 is 10.0 Å². The number of benzene rings is 1. The monoisotopic (exact) mass is 334 g/mol. The summed E-state index contributed by atoms with van der Waals surface area (Å²) < 4.78 is 26.4. The zero-order valence-corrected chi connectivity index (χ0v) is 13.1. The van der Waals surface area contributed by atoms with Crippen LogP contribution in [0.5, 0.6) is 0 Å². The van der Waals surface area contributed by atoms with Gasteiger partial charge in [0.2, 0.25) is 10.0 Å². The lowest BCUT2D eigenvalue weighted by Crippen LogP contribution is -2.25. The van der Waals surface area contributed by atoms with E-state index in [2.05, 4.69) is 10.0 Å². The van der Waals surface area contributed by atoms with E-state index in [0.29, 0.717) is 24.5 Å². The average molecular weight is 335 g/mol. The third kappa shape index (κ3) is 7.42. The molecule has 0 saturated heterocycles. The van der Waals surface area contributed by atoms with Gasteiger partial charge >= 0.3 is 5.97 Å². The van der Waals surface area contributed by atoms with Crippen molar-refractivity contribution in [2.75, 3.05) is 19.6 Å². The summed E-state index contributed by atoms with van der Waals surface area (Å²) in [6, 6.07) is 5.98. The number of hydrogen-bond acceptors (Lipinski definition) is 4. The van der Waals surface area contributed by atoms with Gasteiger partial charge in [0.25, 0.3) is 0 Å². The first-order valence-corrected chi connectivity index (χ1v) is 8.46. The van der Waals surface area contributed by atoms with Crippen molar-refractivity contribution < 1.29 is 18.3 Å². The summed E-state index contributed by atoms with van der Waals surface area (Å²) in [6.07, 6.45) is 2.31. The summed E-state index contributed by atoms with van der Waals surface area (Å²) in [5.74, 6) is -0.884. The van der Waals surface area contributed by atoms with Crippen molar-refractivity contribution in [1.29, 1.82) is 0 Å². The molecule has 0 aliphatic carbocycles. The van der Waals surface area contributed by atoms with E-state index in [1.54, 1.807) is 0 Å². The molecule has 21 heavy (non-hydrogen) atoms. The van der Waals surface area contributed by atoms with Crippen molar-refractivity contribution in [2.24, 2.45) is 0 Å². The van der Waals surface area contributed by atoms with Crippen LogP contribution in [0.3, 0.4) is 0 Å². The Hall–Kier alpha value is -1.15. The van der Waals surface area contributed by atoms with Crippen molar-refractivity contribution >= 4 is 27.6 Å². The highest BCUT2D eigenvalue weighted by atomic mass is 35.5. The van der Waals surface area contributed by atoms with E-state index in [4.69, 9.17) is 16.7 Å². The number of carboxylic acids is 1. The van der Waals surface area contributed by atoms with Crippen LogP contribution in [0, 0.1) is 0 Å².